The van der Waals surface area contributed by atoms with Crippen molar-refractivity contribution in [3.05, 3.63) is 48.7 Å². The molecule has 4 rings (SSSR count). The Bertz CT molecular complexity index is 978. The average Bonchev–Trinajstić information content (AvgIpc) is 3.54. The van der Waals surface area contributed by atoms with E-state index >= 15 is 0 Å². The number of aromatic nitrogens is 1. The quantitative estimate of drug-likeness (QED) is 0.695. The fraction of sp³-hybridized carbons (Fsp3) is 0.333. The van der Waals surface area contributed by atoms with Gasteiger partial charge in [0.2, 0.25) is 11.8 Å². The molecule has 156 valence electrons. The Morgan fingerprint density at radius 2 is 1.90 bits per heavy atom. The molecule has 7 nitrogen and oxygen atoms in total. The number of anilines is 1. The van der Waals surface area contributed by atoms with Gasteiger partial charge >= 0.3 is 0 Å². The van der Waals surface area contributed by atoms with E-state index < -0.39 is 0 Å². The number of hydrogen-bond donors (Lipinski definition) is 1. The lowest BCUT2D eigenvalue weighted by atomic mass is 10.2. The minimum absolute atomic E-state index is 0.0372. The molecule has 1 saturated carbocycles. The van der Waals surface area contributed by atoms with Crippen LogP contribution in [-0.2, 0) is 9.59 Å². The Balaban J connectivity index is 1.36. The van der Waals surface area contributed by atoms with Gasteiger partial charge in [-0.2, -0.15) is 0 Å². The maximum absolute atomic E-state index is 12.9. The van der Waals surface area contributed by atoms with Gasteiger partial charge in [0.15, 0.2) is 5.13 Å². The number of rotatable bonds is 6. The first kappa shape index (κ1) is 20.6. The molecule has 2 aromatic rings. The van der Waals surface area contributed by atoms with Gasteiger partial charge in [-0.3, -0.25) is 14.4 Å². The molecule has 0 spiro atoms. The molecular formula is C21H22N4O3S2. The molecule has 2 aliphatic rings. The molecule has 1 aliphatic heterocycles. The zero-order valence-corrected chi connectivity index (χ0v) is 18.0. The molecule has 1 aromatic heterocycles. The summed E-state index contributed by atoms with van der Waals surface area (Å²) < 4.78 is 0.947. The van der Waals surface area contributed by atoms with E-state index in [4.69, 9.17) is 0 Å². The fourth-order valence-corrected chi connectivity index (χ4v) is 5.08. The molecule has 30 heavy (non-hydrogen) atoms. The van der Waals surface area contributed by atoms with Crippen LogP contribution in [0.15, 0.2) is 52.2 Å². The number of nitrogens with one attached hydrogen (secondary N) is 1. The summed E-state index contributed by atoms with van der Waals surface area (Å²) in [5.41, 5.74) is 0.621. The van der Waals surface area contributed by atoms with E-state index in [9.17, 15) is 14.4 Å². The molecule has 0 atom stereocenters. The third-order valence-corrected chi connectivity index (χ3v) is 7.02. The molecule has 1 N–H and O–H groups in total. The molecule has 2 fully saturated rings. The molecule has 1 saturated heterocycles. The van der Waals surface area contributed by atoms with Crippen LogP contribution in [0.1, 0.15) is 23.2 Å². The smallest absolute Gasteiger partial charge is 0.254 e. The number of hydrogen-bond acceptors (Lipinski definition) is 6. The van der Waals surface area contributed by atoms with E-state index in [1.807, 2.05) is 24.3 Å². The second-order valence-corrected chi connectivity index (χ2v) is 9.60. The topological polar surface area (TPSA) is 82.6 Å². The SMILES string of the molecule is C=CC(=O)N1CCN(C(=O)c2cccc(Sc3cnc(NC(=O)C4CC4)s3)c2)CC1. The first-order valence-electron chi connectivity index (χ1n) is 9.78. The largest absolute Gasteiger partial charge is 0.336 e. The summed E-state index contributed by atoms with van der Waals surface area (Å²) in [6.45, 7) is 5.56. The normalized spacial score (nSPS) is 16.3. The van der Waals surface area contributed by atoms with Crippen molar-refractivity contribution >= 4 is 46.0 Å². The zero-order chi connectivity index (χ0) is 21.1. The van der Waals surface area contributed by atoms with E-state index in [2.05, 4.69) is 16.9 Å². The maximum Gasteiger partial charge on any atom is 0.254 e. The van der Waals surface area contributed by atoms with Crippen molar-refractivity contribution in [2.24, 2.45) is 5.92 Å². The van der Waals surface area contributed by atoms with Gasteiger partial charge in [-0.25, -0.2) is 4.98 Å². The minimum atomic E-state index is -0.0993. The monoisotopic (exact) mass is 442 g/mol. The summed E-state index contributed by atoms with van der Waals surface area (Å²) in [5.74, 6) is 0.0513. The highest BCUT2D eigenvalue weighted by molar-refractivity contribution is 8.01. The first-order valence-corrected chi connectivity index (χ1v) is 11.4. The predicted octanol–water partition coefficient (Wildman–Crippen LogP) is 3.11. The Morgan fingerprint density at radius 1 is 1.17 bits per heavy atom. The zero-order valence-electron chi connectivity index (χ0n) is 16.4. The lowest BCUT2D eigenvalue weighted by Crippen LogP contribution is -2.50. The molecule has 3 amide bonds. The molecule has 1 aliphatic carbocycles. The Labute approximate surface area is 183 Å². The highest BCUT2D eigenvalue weighted by Crippen LogP contribution is 2.36. The number of nitrogens with zero attached hydrogens (tertiary/aromatic N) is 3. The summed E-state index contributed by atoms with van der Waals surface area (Å²) in [6.07, 6.45) is 4.96. The van der Waals surface area contributed by atoms with Gasteiger partial charge in [-0.15, -0.1) is 0 Å². The Morgan fingerprint density at radius 3 is 2.60 bits per heavy atom. The summed E-state index contributed by atoms with van der Waals surface area (Å²) in [7, 11) is 0. The van der Waals surface area contributed by atoms with Crippen molar-refractivity contribution in [1.82, 2.24) is 14.8 Å². The van der Waals surface area contributed by atoms with E-state index in [1.165, 1.54) is 29.2 Å². The molecule has 0 bridgehead atoms. The van der Waals surface area contributed by atoms with Gasteiger partial charge < -0.3 is 15.1 Å². The van der Waals surface area contributed by atoms with Crippen molar-refractivity contribution in [2.45, 2.75) is 21.9 Å². The fourth-order valence-electron chi connectivity index (χ4n) is 3.17. The molecule has 2 heterocycles. The molecule has 9 heteroatoms. The van der Waals surface area contributed by atoms with Crippen molar-refractivity contribution < 1.29 is 14.4 Å². The van der Waals surface area contributed by atoms with Gasteiger partial charge in [0, 0.05) is 42.6 Å². The van der Waals surface area contributed by atoms with Crippen LogP contribution >= 0.6 is 23.1 Å². The number of benzene rings is 1. The van der Waals surface area contributed by atoms with Crippen LogP contribution in [0.4, 0.5) is 5.13 Å². The van der Waals surface area contributed by atoms with Crippen LogP contribution in [0, 0.1) is 5.92 Å². The van der Waals surface area contributed by atoms with E-state index in [0.29, 0.717) is 36.9 Å². The maximum atomic E-state index is 12.9. The second kappa shape index (κ2) is 9.01. The van der Waals surface area contributed by atoms with Gasteiger partial charge in [0.1, 0.15) is 0 Å². The highest BCUT2D eigenvalue weighted by Gasteiger charge is 2.30. The predicted molar refractivity (Wildman–Crippen MR) is 117 cm³/mol. The van der Waals surface area contributed by atoms with Crippen molar-refractivity contribution in [3.63, 3.8) is 0 Å². The van der Waals surface area contributed by atoms with Crippen molar-refractivity contribution in [3.8, 4) is 0 Å². The van der Waals surface area contributed by atoms with Crippen molar-refractivity contribution in [2.75, 3.05) is 31.5 Å². The van der Waals surface area contributed by atoms with Crippen LogP contribution in [0.2, 0.25) is 0 Å². The van der Waals surface area contributed by atoms with Crippen LogP contribution in [0.5, 0.6) is 0 Å². The Hall–Kier alpha value is -2.65. The average molecular weight is 443 g/mol. The number of amides is 3. The first-order chi connectivity index (χ1) is 14.5. The summed E-state index contributed by atoms with van der Waals surface area (Å²) in [6, 6.07) is 7.49. The van der Waals surface area contributed by atoms with Crippen LogP contribution in [0.3, 0.4) is 0 Å². The molecule has 1 aromatic carbocycles. The third kappa shape index (κ3) is 4.91. The highest BCUT2D eigenvalue weighted by atomic mass is 32.2. The van der Waals surface area contributed by atoms with Crippen molar-refractivity contribution in [1.29, 1.82) is 0 Å². The van der Waals surface area contributed by atoms with Gasteiger partial charge in [0.05, 0.1) is 10.4 Å². The molecule has 0 unspecified atom stereocenters. The minimum Gasteiger partial charge on any atom is -0.336 e. The lowest BCUT2D eigenvalue weighted by Gasteiger charge is -2.34. The third-order valence-electron chi connectivity index (χ3n) is 5.02. The number of carbonyl (C=O) groups excluding carboxylic acids is 3. The van der Waals surface area contributed by atoms with Crippen LogP contribution < -0.4 is 5.32 Å². The number of thiazole rings is 1. The van der Waals surface area contributed by atoms with E-state index in [-0.39, 0.29) is 23.6 Å². The molecule has 0 radical (unpaired) electrons. The van der Waals surface area contributed by atoms with Crippen LogP contribution in [0.25, 0.3) is 0 Å². The van der Waals surface area contributed by atoms with Crippen LogP contribution in [-0.4, -0.2) is 58.7 Å². The van der Waals surface area contributed by atoms with Gasteiger partial charge in [0.25, 0.3) is 5.91 Å². The van der Waals surface area contributed by atoms with E-state index in [1.54, 1.807) is 16.0 Å². The van der Waals surface area contributed by atoms with Gasteiger partial charge in [-0.1, -0.05) is 35.7 Å². The Kier molecular flexibility index (Phi) is 6.19. The van der Waals surface area contributed by atoms with Gasteiger partial charge in [-0.05, 0) is 37.1 Å². The summed E-state index contributed by atoms with van der Waals surface area (Å²) in [4.78, 5) is 45.1. The second-order valence-electron chi connectivity index (χ2n) is 7.20. The number of carbonyl (C=O) groups is 3. The lowest BCUT2D eigenvalue weighted by molar-refractivity contribution is -0.127. The summed E-state index contributed by atoms with van der Waals surface area (Å²) >= 11 is 2.94. The van der Waals surface area contributed by atoms with E-state index in [0.717, 1.165) is 21.9 Å². The summed E-state index contributed by atoms with van der Waals surface area (Å²) in [5, 5.41) is 3.46. The molecular weight excluding hydrogens is 420 g/mol. The standard InChI is InChI=1S/C21H22N4O3S2/c1-2-17(26)24-8-10-25(11-9-24)20(28)15-4-3-5-16(12-15)29-18-13-22-21(30-18)23-19(27)14-6-7-14/h2-5,12-14H,1,6-11H2,(H,22,23,27). The number of piperazine rings is 1.